The number of hydrogen-bond acceptors (Lipinski definition) is 4. The molecular weight excluding hydrogens is 346 g/mol. The zero-order valence-corrected chi connectivity index (χ0v) is 16.3. The summed E-state index contributed by atoms with van der Waals surface area (Å²) < 4.78 is 5.88. The van der Waals surface area contributed by atoms with Gasteiger partial charge in [0.15, 0.2) is 0 Å². The van der Waals surface area contributed by atoms with Gasteiger partial charge in [0.1, 0.15) is 11.5 Å². The Morgan fingerprint density at radius 3 is 2.62 bits per heavy atom. The number of thioether (sulfide) groups is 1. The molecular formula is C21H27NO3S. The Morgan fingerprint density at radius 2 is 1.92 bits per heavy atom. The average molecular weight is 374 g/mol. The van der Waals surface area contributed by atoms with Crippen molar-refractivity contribution in [2.75, 3.05) is 19.4 Å². The molecule has 2 aromatic rings. The maximum Gasteiger partial charge on any atom is 0.251 e. The molecule has 1 amide bonds. The zero-order chi connectivity index (χ0) is 18.8. The number of carbonyl (C=O) groups is 1. The Balaban J connectivity index is 1.91. The van der Waals surface area contributed by atoms with Gasteiger partial charge in [-0.3, -0.25) is 4.79 Å². The molecule has 2 aromatic carbocycles. The summed E-state index contributed by atoms with van der Waals surface area (Å²) >= 11 is 1.62. The van der Waals surface area contributed by atoms with Crippen LogP contribution in [0.5, 0.6) is 11.5 Å². The van der Waals surface area contributed by atoms with Crippen LogP contribution in [0, 0.1) is 0 Å². The molecule has 0 saturated heterocycles. The molecule has 140 valence electrons. The molecule has 0 spiro atoms. The fraction of sp³-hybridized carbons (Fsp3) is 0.381. The Labute approximate surface area is 160 Å². The Morgan fingerprint density at radius 1 is 1.15 bits per heavy atom. The molecule has 0 bridgehead atoms. The van der Waals surface area contributed by atoms with E-state index in [1.165, 1.54) is 0 Å². The minimum atomic E-state index is -0.102. The summed E-state index contributed by atoms with van der Waals surface area (Å²) in [7, 11) is 0. The van der Waals surface area contributed by atoms with Gasteiger partial charge in [0.25, 0.3) is 5.91 Å². The summed E-state index contributed by atoms with van der Waals surface area (Å²) in [6.45, 7) is 3.38. The van der Waals surface area contributed by atoms with Gasteiger partial charge in [0.05, 0.1) is 6.61 Å². The number of benzene rings is 2. The highest BCUT2D eigenvalue weighted by molar-refractivity contribution is 7.98. The lowest BCUT2D eigenvalue weighted by Gasteiger charge is -2.12. The van der Waals surface area contributed by atoms with Crippen molar-refractivity contribution < 1.29 is 14.6 Å². The second kappa shape index (κ2) is 10.8. The second-order valence-electron chi connectivity index (χ2n) is 6.09. The highest BCUT2D eigenvalue weighted by atomic mass is 32.2. The van der Waals surface area contributed by atoms with Crippen molar-refractivity contribution in [2.45, 2.75) is 37.5 Å². The first-order chi connectivity index (χ1) is 12.6. The third-order valence-electron chi connectivity index (χ3n) is 4.07. The van der Waals surface area contributed by atoms with Crippen molar-refractivity contribution in [3.63, 3.8) is 0 Å². The van der Waals surface area contributed by atoms with E-state index in [1.54, 1.807) is 23.9 Å². The molecule has 0 aliphatic rings. The van der Waals surface area contributed by atoms with Gasteiger partial charge in [-0.25, -0.2) is 0 Å². The van der Waals surface area contributed by atoms with E-state index >= 15 is 0 Å². The van der Waals surface area contributed by atoms with Crippen molar-refractivity contribution >= 4 is 17.7 Å². The standard InChI is InChI=1S/C21H27NO3S/c1-3-4-5-14-25-19-15-17(8-11-20(19)26-2)21(24)22-13-12-16-6-9-18(23)10-7-16/h6-11,15,23H,3-5,12-14H2,1-2H3,(H,22,24). The number of amides is 1. The minimum Gasteiger partial charge on any atom is -0.508 e. The third-order valence-corrected chi connectivity index (χ3v) is 4.84. The number of phenols is 1. The maximum atomic E-state index is 12.4. The molecule has 0 aromatic heterocycles. The summed E-state index contributed by atoms with van der Waals surface area (Å²) in [6.07, 6.45) is 6.04. The van der Waals surface area contributed by atoms with Crippen LogP contribution in [0.2, 0.25) is 0 Å². The van der Waals surface area contributed by atoms with Crippen LogP contribution < -0.4 is 10.1 Å². The molecule has 0 heterocycles. The Kier molecular flexibility index (Phi) is 8.35. The van der Waals surface area contributed by atoms with Crippen molar-refractivity contribution in [2.24, 2.45) is 0 Å². The SMILES string of the molecule is CCCCCOc1cc(C(=O)NCCc2ccc(O)cc2)ccc1SC. The molecule has 5 heteroatoms. The van der Waals surface area contributed by atoms with Gasteiger partial charge in [-0.15, -0.1) is 11.8 Å². The average Bonchev–Trinajstić information content (AvgIpc) is 2.66. The molecule has 2 N–H and O–H groups in total. The van der Waals surface area contributed by atoms with Crippen LogP contribution in [0.4, 0.5) is 0 Å². The van der Waals surface area contributed by atoms with E-state index in [0.717, 1.165) is 41.9 Å². The molecule has 4 nitrogen and oxygen atoms in total. The highest BCUT2D eigenvalue weighted by Gasteiger charge is 2.10. The van der Waals surface area contributed by atoms with Gasteiger partial charge in [-0.05, 0) is 55.0 Å². The zero-order valence-electron chi connectivity index (χ0n) is 15.5. The van der Waals surface area contributed by atoms with Crippen molar-refractivity contribution in [1.82, 2.24) is 5.32 Å². The van der Waals surface area contributed by atoms with E-state index in [2.05, 4.69) is 12.2 Å². The van der Waals surface area contributed by atoms with E-state index in [1.807, 2.05) is 36.6 Å². The Bertz CT molecular complexity index is 701. The van der Waals surface area contributed by atoms with Crippen LogP contribution in [-0.2, 0) is 6.42 Å². The van der Waals surface area contributed by atoms with Crippen LogP contribution in [-0.4, -0.2) is 30.4 Å². The monoisotopic (exact) mass is 373 g/mol. The van der Waals surface area contributed by atoms with E-state index < -0.39 is 0 Å². The third kappa shape index (κ3) is 6.30. The molecule has 26 heavy (non-hydrogen) atoms. The number of carbonyl (C=O) groups excluding carboxylic acids is 1. The van der Waals surface area contributed by atoms with Crippen molar-refractivity contribution in [3.8, 4) is 11.5 Å². The first-order valence-electron chi connectivity index (χ1n) is 9.01. The lowest BCUT2D eigenvalue weighted by Crippen LogP contribution is -2.25. The van der Waals surface area contributed by atoms with Gasteiger partial charge in [0, 0.05) is 17.0 Å². The van der Waals surface area contributed by atoms with Crippen LogP contribution >= 0.6 is 11.8 Å². The lowest BCUT2D eigenvalue weighted by molar-refractivity contribution is 0.0953. The molecule has 0 fully saturated rings. The van der Waals surface area contributed by atoms with Crippen LogP contribution in [0.25, 0.3) is 0 Å². The van der Waals surface area contributed by atoms with E-state index in [4.69, 9.17) is 4.74 Å². The van der Waals surface area contributed by atoms with E-state index in [9.17, 15) is 9.90 Å². The van der Waals surface area contributed by atoms with Gasteiger partial charge in [-0.1, -0.05) is 31.9 Å². The number of unbranched alkanes of at least 4 members (excludes halogenated alkanes) is 2. The number of phenolic OH excluding ortho intramolecular Hbond substituents is 1. The lowest BCUT2D eigenvalue weighted by atomic mass is 10.1. The number of aromatic hydroxyl groups is 1. The fourth-order valence-electron chi connectivity index (χ4n) is 2.55. The van der Waals surface area contributed by atoms with E-state index in [-0.39, 0.29) is 11.7 Å². The summed E-state index contributed by atoms with van der Waals surface area (Å²) in [4.78, 5) is 13.4. The summed E-state index contributed by atoms with van der Waals surface area (Å²) in [5, 5.41) is 12.2. The van der Waals surface area contributed by atoms with Gasteiger partial charge < -0.3 is 15.2 Å². The Hall–Kier alpha value is -2.14. The summed E-state index contributed by atoms with van der Waals surface area (Å²) in [5.74, 6) is 0.924. The summed E-state index contributed by atoms with van der Waals surface area (Å²) in [6, 6.07) is 12.6. The maximum absolute atomic E-state index is 12.4. The molecule has 0 radical (unpaired) electrons. The number of rotatable bonds is 10. The highest BCUT2D eigenvalue weighted by Crippen LogP contribution is 2.29. The molecule has 0 unspecified atom stereocenters. The number of nitrogens with one attached hydrogen (secondary N) is 1. The number of hydrogen-bond donors (Lipinski definition) is 2. The topological polar surface area (TPSA) is 58.6 Å². The summed E-state index contributed by atoms with van der Waals surface area (Å²) in [5.41, 5.74) is 1.68. The van der Waals surface area contributed by atoms with Crippen LogP contribution in [0.1, 0.15) is 42.1 Å². The predicted molar refractivity (Wildman–Crippen MR) is 107 cm³/mol. The molecule has 0 saturated carbocycles. The normalized spacial score (nSPS) is 10.5. The van der Waals surface area contributed by atoms with Gasteiger partial charge in [-0.2, -0.15) is 0 Å². The molecule has 0 aliphatic heterocycles. The van der Waals surface area contributed by atoms with Crippen molar-refractivity contribution in [3.05, 3.63) is 53.6 Å². The predicted octanol–water partition coefficient (Wildman–Crippen LogP) is 4.66. The molecule has 2 rings (SSSR count). The molecule has 0 atom stereocenters. The quantitative estimate of drug-likeness (QED) is 0.470. The number of ether oxygens (including phenoxy) is 1. The van der Waals surface area contributed by atoms with Crippen LogP contribution in [0.3, 0.4) is 0 Å². The van der Waals surface area contributed by atoms with Crippen molar-refractivity contribution in [1.29, 1.82) is 0 Å². The smallest absolute Gasteiger partial charge is 0.251 e. The first kappa shape index (κ1) is 20.2. The largest absolute Gasteiger partial charge is 0.508 e. The second-order valence-corrected chi connectivity index (χ2v) is 6.94. The molecule has 0 aliphatic carbocycles. The van der Waals surface area contributed by atoms with Crippen LogP contribution in [0.15, 0.2) is 47.4 Å². The van der Waals surface area contributed by atoms with Gasteiger partial charge >= 0.3 is 0 Å². The minimum absolute atomic E-state index is 0.102. The fourth-order valence-corrected chi connectivity index (χ4v) is 3.07. The van der Waals surface area contributed by atoms with E-state index in [0.29, 0.717) is 18.7 Å². The van der Waals surface area contributed by atoms with Gasteiger partial charge in [0.2, 0.25) is 0 Å². The first-order valence-corrected chi connectivity index (χ1v) is 10.2.